The van der Waals surface area contributed by atoms with Crippen LogP contribution >= 0.6 is 27.5 Å². The normalized spacial score (nSPS) is 11.5. The van der Waals surface area contributed by atoms with Crippen molar-refractivity contribution < 1.29 is 0 Å². The summed E-state index contributed by atoms with van der Waals surface area (Å²) in [4.78, 5) is 4.64. The zero-order valence-corrected chi connectivity index (χ0v) is 11.5. The third-order valence-electron chi connectivity index (χ3n) is 2.79. The summed E-state index contributed by atoms with van der Waals surface area (Å²) in [5.41, 5.74) is 1.71. The van der Waals surface area contributed by atoms with E-state index in [9.17, 15) is 0 Å². The van der Waals surface area contributed by atoms with Gasteiger partial charge in [-0.05, 0) is 28.9 Å². The highest BCUT2D eigenvalue weighted by atomic mass is 79.9. The Hall–Kier alpha value is -1.13. The van der Waals surface area contributed by atoms with Crippen LogP contribution in [0.25, 0.3) is 21.9 Å². The molecule has 0 aliphatic heterocycles. The number of hydrogen-bond acceptors (Lipinski definition) is 2. The molecule has 86 valence electrons. The van der Waals surface area contributed by atoms with Crippen molar-refractivity contribution in [1.29, 1.82) is 0 Å². The quantitative estimate of drug-likeness (QED) is 0.679. The lowest BCUT2D eigenvalue weighted by Crippen LogP contribution is -1.97. The minimum atomic E-state index is 0.714. The minimum absolute atomic E-state index is 0.714. The Bertz CT molecular complexity index is 720. The second kappa shape index (κ2) is 3.96. The highest BCUT2D eigenvalue weighted by Gasteiger charge is 2.12. The summed E-state index contributed by atoms with van der Waals surface area (Å²) in [6.07, 6.45) is 1.77. The molecule has 0 bridgehead atoms. The molecule has 0 spiro atoms. The fraction of sp³-hybridized carbons (Fsp3) is 0.167. The molecule has 0 unspecified atom stereocenters. The summed E-state index contributed by atoms with van der Waals surface area (Å²) in [5.74, 6) is 0. The maximum absolute atomic E-state index is 6.40. The molecule has 0 aliphatic carbocycles. The number of aromatic nitrogens is 3. The van der Waals surface area contributed by atoms with Gasteiger partial charge in [0.1, 0.15) is 0 Å². The Morgan fingerprint density at radius 1 is 1.35 bits per heavy atom. The predicted molar refractivity (Wildman–Crippen MR) is 73.4 cm³/mol. The van der Waals surface area contributed by atoms with Crippen LogP contribution in [0.3, 0.4) is 0 Å². The third kappa shape index (κ3) is 1.55. The Balaban J connectivity index is 2.55. The first-order valence-electron chi connectivity index (χ1n) is 5.31. The predicted octanol–water partition coefficient (Wildman–Crippen LogP) is 4.02. The first-order chi connectivity index (χ1) is 8.22. The van der Waals surface area contributed by atoms with Crippen LogP contribution in [0, 0.1) is 0 Å². The summed E-state index contributed by atoms with van der Waals surface area (Å²) in [7, 11) is 0. The number of aryl methyl sites for hydroxylation is 1. The van der Waals surface area contributed by atoms with Crippen LogP contribution in [-0.2, 0) is 6.54 Å². The van der Waals surface area contributed by atoms with Crippen molar-refractivity contribution in [2.75, 3.05) is 0 Å². The molecule has 0 amide bonds. The Morgan fingerprint density at radius 3 is 2.94 bits per heavy atom. The SMILES string of the molecule is CCn1ncc2c(Cl)c3cccc(Br)c3nc21. The largest absolute Gasteiger partial charge is 0.248 e. The Labute approximate surface area is 112 Å². The standard InChI is InChI=1S/C12H9BrClN3/c1-2-17-12-8(6-15-17)10(14)7-4-3-5-9(13)11(7)16-12/h3-6H,2H2,1H3. The van der Waals surface area contributed by atoms with E-state index in [1.54, 1.807) is 6.20 Å². The van der Waals surface area contributed by atoms with Crippen molar-refractivity contribution in [3.63, 3.8) is 0 Å². The second-order valence-electron chi connectivity index (χ2n) is 3.76. The fourth-order valence-corrected chi connectivity index (χ4v) is 2.68. The van der Waals surface area contributed by atoms with E-state index in [0.717, 1.165) is 33.0 Å². The smallest absolute Gasteiger partial charge is 0.159 e. The van der Waals surface area contributed by atoms with E-state index >= 15 is 0 Å². The molecule has 0 atom stereocenters. The van der Waals surface area contributed by atoms with Gasteiger partial charge in [0.05, 0.1) is 22.1 Å². The average Bonchev–Trinajstić information content (AvgIpc) is 2.74. The van der Waals surface area contributed by atoms with Crippen LogP contribution in [0.2, 0.25) is 5.02 Å². The van der Waals surface area contributed by atoms with Crippen molar-refractivity contribution in [2.45, 2.75) is 13.5 Å². The van der Waals surface area contributed by atoms with Gasteiger partial charge in [0.15, 0.2) is 5.65 Å². The summed E-state index contributed by atoms with van der Waals surface area (Å²) >= 11 is 9.90. The first-order valence-corrected chi connectivity index (χ1v) is 6.48. The van der Waals surface area contributed by atoms with E-state index in [1.807, 2.05) is 29.8 Å². The van der Waals surface area contributed by atoms with Crippen LogP contribution in [0.1, 0.15) is 6.92 Å². The topological polar surface area (TPSA) is 30.7 Å². The minimum Gasteiger partial charge on any atom is -0.248 e. The van der Waals surface area contributed by atoms with Crippen LogP contribution in [0.15, 0.2) is 28.9 Å². The summed E-state index contributed by atoms with van der Waals surface area (Å²) in [6.45, 7) is 2.81. The molecule has 1 aromatic carbocycles. The Kier molecular flexibility index (Phi) is 2.56. The first kappa shape index (κ1) is 11.0. The molecule has 0 radical (unpaired) electrons. The lowest BCUT2D eigenvalue weighted by atomic mass is 10.2. The van der Waals surface area contributed by atoms with Gasteiger partial charge in [-0.15, -0.1) is 0 Å². The van der Waals surface area contributed by atoms with Gasteiger partial charge in [-0.2, -0.15) is 5.10 Å². The lowest BCUT2D eigenvalue weighted by molar-refractivity contribution is 0.677. The zero-order valence-electron chi connectivity index (χ0n) is 9.11. The molecule has 5 heteroatoms. The highest BCUT2D eigenvalue weighted by Crippen LogP contribution is 2.33. The van der Waals surface area contributed by atoms with Gasteiger partial charge in [-0.3, -0.25) is 0 Å². The molecular weight excluding hydrogens is 302 g/mol. The van der Waals surface area contributed by atoms with Crippen molar-refractivity contribution in [2.24, 2.45) is 0 Å². The van der Waals surface area contributed by atoms with Crippen LogP contribution in [-0.4, -0.2) is 14.8 Å². The van der Waals surface area contributed by atoms with E-state index in [1.165, 1.54) is 0 Å². The summed E-state index contributed by atoms with van der Waals surface area (Å²) in [5, 5.41) is 6.85. The molecule has 0 aliphatic rings. The van der Waals surface area contributed by atoms with Gasteiger partial charge in [-0.25, -0.2) is 9.67 Å². The number of fused-ring (bicyclic) bond motifs is 2. The summed E-state index contributed by atoms with van der Waals surface area (Å²) in [6, 6.07) is 5.89. The fourth-order valence-electron chi connectivity index (χ4n) is 1.94. The number of rotatable bonds is 1. The molecular formula is C12H9BrClN3. The molecule has 3 aromatic rings. The van der Waals surface area contributed by atoms with Crippen molar-refractivity contribution in [1.82, 2.24) is 14.8 Å². The van der Waals surface area contributed by atoms with E-state index in [-0.39, 0.29) is 0 Å². The number of halogens is 2. The van der Waals surface area contributed by atoms with Gasteiger partial charge < -0.3 is 0 Å². The average molecular weight is 311 g/mol. The maximum Gasteiger partial charge on any atom is 0.159 e. The molecule has 0 fully saturated rings. The van der Waals surface area contributed by atoms with Gasteiger partial charge in [0, 0.05) is 16.4 Å². The van der Waals surface area contributed by atoms with Crippen molar-refractivity contribution >= 4 is 49.5 Å². The molecule has 3 rings (SSSR count). The molecule has 2 aromatic heterocycles. The molecule has 3 nitrogen and oxygen atoms in total. The molecule has 17 heavy (non-hydrogen) atoms. The van der Waals surface area contributed by atoms with E-state index in [4.69, 9.17) is 11.6 Å². The Morgan fingerprint density at radius 2 is 2.18 bits per heavy atom. The zero-order chi connectivity index (χ0) is 12.0. The van der Waals surface area contributed by atoms with Crippen LogP contribution in [0.5, 0.6) is 0 Å². The van der Waals surface area contributed by atoms with Gasteiger partial charge in [0.2, 0.25) is 0 Å². The molecule has 2 heterocycles. The van der Waals surface area contributed by atoms with Crippen LogP contribution in [0.4, 0.5) is 0 Å². The number of benzene rings is 1. The van der Waals surface area contributed by atoms with E-state index < -0.39 is 0 Å². The van der Waals surface area contributed by atoms with E-state index in [2.05, 4.69) is 26.0 Å². The van der Waals surface area contributed by atoms with Gasteiger partial charge in [-0.1, -0.05) is 23.7 Å². The number of hydrogen-bond donors (Lipinski definition) is 0. The number of nitrogens with zero attached hydrogens (tertiary/aromatic N) is 3. The van der Waals surface area contributed by atoms with Gasteiger partial charge >= 0.3 is 0 Å². The maximum atomic E-state index is 6.40. The third-order valence-corrected chi connectivity index (χ3v) is 3.84. The van der Waals surface area contributed by atoms with Gasteiger partial charge in [0.25, 0.3) is 0 Å². The van der Waals surface area contributed by atoms with Crippen molar-refractivity contribution in [3.8, 4) is 0 Å². The monoisotopic (exact) mass is 309 g/mol. The number of para-hydroxylation sites is 1. The highest BCUT2D eigenvalue weighted by molar-refractivity contribution is 9.10. The second-order valence-corrected chi connectivity index (χ2v) is 4.99. The molecule has 0 N–H and O–H groups in total. The summed E-state index contributed by atoms with van der Waals surface area (Å²) < 4.78 is 2.79. The van der Waals surface area contributed by atoms with Crippen LogP contribution < -0.4 is 0 Å². The number of pyridine rings is 1. The van der Waals surface area contributed by atoms with Crippen molar-refractivity contribution in [3.05, 3.63) is 33.9 Å². The lowest BCUT2D eigenvalue weighted by Gasteiger charge is -2.04. The van der Waals surface area contributed by atoms with E-state index in [0.29, 0.717) is 5.02 Å². The molecule has 0 saturated heterocycles. The molecule has 0 saturated carbocycles.